The molecular formula is C22H24N2O3. The molecule has 1 unspecified atom stereocenters. The molecule has 0 heterocycles. The summed E-state index contributed by atoms with van der Waals surface area (Å²) in [5, 5.41) is 11.9. The van der Waals surface area contributed by atoms with Gasteiger partial charge < -0.3 is 14.8 Å². The number of hydrogen-bond donors (Lipinski definition) is 1. The van der Waals surface area contributed by atoms with Crippen molar-refractivity contribution in [1.82, 2.24) is 5.32 Å². The maximum Gasteiger partial charge on any atom is 0.258 e. The Morgan fingerprint density at radius 3 is 2.67 bits per heavy atom. The third-order valence-corrected chi connectivity index (χ3v) is 4.90. The van der Waals surface area contributed by atoms with Crippen LogP contribution in [0, 0.1) is 11.3 Å². The zero-order chi connectivity index (χ0) is 19.2. The predicted molar refractivity (Wildman–Crippen MR) is 103 cm³/mol. The number of ether oxygens (including phenoxy) is 2. The molecule has 0 aromatic heterocycles. The van der Waals surface area contributed by atoms with Gasteiger partial charge in [0.25, 0.3) is 5.91 Å². The lowest BCUT2D eigenvalue weighted by molar-refractivity contribution is -0.123. The van der Waals surface area contributed by atoms with Crippen molar-refractivity contribution in [2.45, 2.75) is 38.6 Å². The number of nitrogens with one attached hydrogen (secondary N) is 1. The van der Waals surface area contributed by atoms with E-state index in [1.165, 1.54) is 31.1 Å². The molecule has 1 N–H and O–H groups in total. The minimum Gasteiger partial charge on any atom is -0.493 e. The second-order valence-electron chi connectivity index (χ2n) is 6.79. The van der Waals surface area contributed by atoms with Crippen molar-refractivity contribution in [2.24, 2.45) is 0 Å². The molecule has 0 aliphatic heterocycles. The largest absolute Gasteiger partial charge is 0.493 e. The Labute approximate surface area is 159 Å². The highest BCUT2D eigenvalue weighted by atomic mass is 16.5. The lowest BCUT2D eigenvalue weighted by Gasteiger charge is -2.20. The number of nitriles is 1. The van der Waals surface area contributed by atoms with Crippen molar-refractivity contribution in [1.29, 1.82) is 5.26 Å². The number of aryl methyl sites for hydroxylation is 2. The summed E-state index contributed by atoms with van der Waals surface area (Å²) in [4.78, 5) is 12.3. The van der Waals surface area contributed by atoms with E-state index in [0.29, 0.717) is 17.1 Å². The molecule has 5 nitrogen and oxygen atoms in total. The Hall–Kier alpha value is -3.00. The lowest BCUT2D eigenvalue weighted by atomic mass is 9.89. The maximum absolute atomic E-state index is 12.3. The number of fused-ring (bicyclic) bond motifs is 1. The molecule has 5 heteroatoms. The molecule has 140 valence electrons. The van der Waals surface area contributed by atoms with Gasteiger partial charge in [-0.15, -0.1) is 0 Å². The first kappa shape index (κ1) is 18.8. The fraction of sp³-hybridized carbons (Fsp3) is 0.364. The van der Waals surface area contributed by atoms with Gasteiger partial charge in [0.05, 0.1) is 24.8 Å². The van der Waals surface area contributed by atoms with E-state index in [9.17, 15) is 4.79 Å². The van der Waals surface area contributed by atoms with Gasteiger partial charge >= 0.3 is 0 Å². The smallest absolute Gasteiger partial charge is 0.258 e. The first-order chi connectivity index (χ1) is 13.1. The molecule has 1 atom stereocenters. The second kappa shape index (κ2) is 8.59. The first-order valence-corrected chi connectivity index (χ1v) is 9.22. The number of amides is 1. The summed E-state index contributed by atoms with van der Waals surface area (Å²) >= 11 is 0. The van der Waals surface area contributed by atoms with Crippen molar-refractivity contribution in [3.05, 3.63) is 58.7 Å². The average molecular weight is 364 g/mol. The van der Waals surface area contributed by atoms with Crippen LogP contribution in [-0.2, 0) is 17.6 Å². The van der Waals surface area contributed by atoms with Gasteiger partial charge in [0.2, 0.25) is 0 Å². The number of methoxy groups -OCH3 is 1. The average Bonchev–Trinajstić information content (AvgIpc) is 2.71. The van der Waals surface area contributed by atoms with Crippen molar-refractivity contribution in [2.75, 3.05) is 13.7 Å². The van der Waals surface area contributed by atoms with Gasteiger partial charge in [0.1, 0.15) is 0 Å². The number of carbonyl (C=O) groups is 1. The van der Waals surface area contributed by atoms with E-state index in [-0.39, 0.29) is 18.6 Å². The van der Waals surface area contributed by atoms with E-state index in [0.717, 1.165) is 18.4 Å². The van der Waals surface area contributed by atoms with E-state index in [2.05, 4.69) is 23.5 Å². The minimum atomic E-state index is -0.202. The molecule has 0 saturated heterocycles. The summed E-state index contributed by atoms with van der Waals surface area (Å²) in [7, 11) is 1.50. The summed E-state index contributed by atoms with van der Waals surface area (Å²) in [6.07, 6.45) is 4.76. The molecule has 2 aromatic carbocycles. The van der Waals surface area contributed by atoms with Gasteiger partial charge in [0.15, 0.2) is 18.1 Å². The molecule has 0 saturated carbocycles. The normalized spacial score (nSPS) is 13.8. The Bertz CT molecular complexity index is 870. The molecule has 27 heavy (non-hydrogen) atoms. The summed E-state index contributed by atoms with van der Waals surface area (Å²) in [5.41, 5.74) is 4.42. The SMILES string of the molecule is COc1cc(C#N)ccc1OCC(=O)NC(C)c1ccc2c(c1)CCCC2. The zero-order valence-electron chi connectivity index (χ0n) is 15.7. The molecule has 0 spiro atoms. The van der Waals surface area contributed by atoms with Crippen LogP contribution in [0.25, 0.3) is 0 Å². The molecular weight excluding hydrogens is 340 g/mol. The van der Waals surface area contributed by atoms with Gasteiger partial charge in [-0.1, -0.05) is 18.2 Å². The van der Waals surface area contributed by atoms with Crippen molar-refractivity contribution < 1.29 is 14.3 Å². The van der Waals surface area contributed by atoms with E-state index in [1.54, 1.807) is 18.2 Å². The van der Waals surface area contributed by atoms with Gasteiger partial charge in [-0.3, -0.25) is 4.79 Å². The predicted octanol–water partition coefficient (Wildman–Crippen LogP) is 3.70. The fourth-order valence-corrected chi connectivity index (χ4v) is 3.39. The summed E-state index contributed by atoms with van der Waals surface area (Å²) < 4.78 is 10.8. The molecule has 0 bridgehead atoms. The van der Waals surface area contributed by atoms with E-state index in [4.69, 9.17) is 14.7 Å². The van der Waals surface area contributed by atoms with Crippen molar-refractivity contribution >= 4 is 5.91 Å². The molecule has 1 aliphatic carbocycles. The van der Waals surface area contributed by atoms with Crippen LogP contribution in [0.1, 0.15) is 48.1 Å². The monoisotopic (exact) mass is 364 g/mol. The third kappa shape index (κ3) is 4.59. The highest BCUT2D eigenvalue weighted by Crippen LogP contribution is 2.28. The molecule has 0 radical (unpaired) electrons. The summed E-state index contributed by atoms with van der Waals surface area (Å²) in [6, 6.07) is 13.3. The van der Waals surface area contributed by atoms with E-state index >= 15 is 0 Å². The minimum absolute atomic E-state index is 0.0869. The Morgan fingerprint density at radius 1 is 1.15 bits per heavy atom. The fourth-order valence-electron chi connectivity index (χ4n) is 3.39. The topological polar surface area (TPSA) is 71.3 Å². The third-order valence-electron chi connectivity index (χ3n) is 4.90. The molecule has 0 fully saturated rings. The van der Waals surface area contributed by atoms with Gasteiger partial charge in [-0.2, -0.15) is 5.26 Å². The van der Waals surface area contributed by atoms with Crippen LogP contribution in [0.2, 0.25) is 0 Å². The van der Waals surface area contributed by atoms with E-state index in [1.807, 2.05) is 13.0 Å². The Morgan fingerprint density at radius 2 is 1.93 bits per heavy atom. The van der Waals surface area contributed by atoms with Crippen LogP contribution in [0.15, 0.2) is 36.4 Å². The van der Waals surface area contributed by atoms with Crippen LogP contribution >= 0.6 is 0 Å². The Kier molecular flexibility index (Phi) is 5.97. The number of carbonyl (C=O) groups excluding carboxylic acids is 1. The standard InChI is InChI=1S/C22H24N2O3/c1-15(18-9-8-17-5-3-4-6-19(17)12-18)24-22(25)14-27-20-10-7-16(13-23)11-21(20)26-2/h7-12,15H,3-6,14H2,1-2H3,(H,24,25). The quantitative estimate of drug-likeness (QED) is 0.848. The van der Waals surface area contributed by atoms with E-state index < -0.39 is 0 Å². The second-order valence-corrected chi connectivity index (χ2v) is 6.79. The molecule has 1 amide bonds. The highest BCUT2D eigenvalue weighted by Gasteiger charge is 2.15. The van der Waals surface area contributed by atoms with Crippen LogP contribution in [0.3, 0.4) is 0 Å². The zero-order valence-corrected chi connectivity index (χ0v) is 15.7. The van der Waals surface area contributed by atoms with Gasteiger partial charge in [0, 0.05) is 6.07 Å². The van der Waals surface area contributed by atoms with Gasteiger partial charge in [-0.25, -0.2) is 0 Å². The number of rotatable bonds is 6. The Balaban J connectivity index is 1.59. The first-order valence-electron chi connectivity index (χ1n) is 9.22. The molecule has 3 rings (SSSR count). The number of hydrogen-bond acceptors (Lipinski definition) is 4. The summed E-state index contributed by atoms with van der Waals surface area (Å²) in [5.74, 6) is 0.671. The van der Waals surface area contributed by atoms with Gasteiger partial charge in [-0.05, 0) is 61.4 Å². The number of nitrogens with zero attached hydrogens (tertiary/aromatic N) is 1. The van der Waals surface area contributed by atoms with Crippen LogP contribution in [0.5, 0.6) is 11.5 Å². The van der Waals surface area contributed by atoms with Crippen LogP contribution in [0.4, 0.5) is 0 Å². The molecule has 2 aromatic rings. The maximum atomic E-state index is 12.3. The van der Waals surface area contributed by atoms with Crippen molar-refractivity contribution in [3.63, 3.8) is 0 Å². The lowest BCUT2D eigenvalue weighted by Crippen LogP contribution is -2.31. The highest BCUT2D eigenvalue weighted by molar-refractivity contribution is 5.78. The van der Waals surface area contributed by atoms with Crippen LogP contribution in [-0.4, -0.2) is 19.6 Å². The van der Waals surface area contributed by atoms with Crippen LogP contribution < -0.4 is 14.8 Å². The molecule has 1 aliphatic rings. The number of benzene rings is 2. The van der Waals surface area contributed by atoms with Crippen molar-refractivity contribution in [3.8, 4) is 17.6 Å². The summed E-state index contributed by atoms with van der Waals surface area (Å²) in [6.45, 7) is 1.86.